The molecule has 1 aliphatic heterocycles. The van der Waals surface area contributed by atoms with Gasteiger partial charge in [0.25, 0.3) is 10.1 Å². The summed E-state index contributed by atoms with van der Waals surface area (Å²) in [4.78, 5) is 9.30. The Morgan fingerprint density at radius 2 is 1.71 bits per heavy atom. The topological polar surface area (TPSA) is 124 Å². The molecule has 0 aliphatic carbocycles. The second-order valence-electron chi connectivity index (χ2n) is 7.16. The predicted molar refractivity (Wildman–Crippen MR) is 138 cm³/mol. The molecule has 0 unspecified atom stereocenters. The number of hydrazone groups is 1. The first-order valence-corrected chi connectivity index (χ1v) is 12.4. The molecule has 1 heterocycles. The van der Waals surface area contributed by atoms with Crippen LogP contribution in [0.4, 0.5) is 5.69 Å². The third-order valence-electron chi connectivity index (χ3n) is 4.55. The Balaban J connectivity index is 0.000000271. The molecular formula is C24H23BrN4O4S. The largest absolute Gasteiger partial charge is 0.390 e. The van der Waals surface area contributed by atoms with E-state index >= 15 is 0 Å². The summed E-state index contributed by atoms with van der Waals surface area (Å²) in [6, 6.07) is 23.4. The number of nitrogens with one attached hydrogen (secondary N) is 1. The maximum absolute atomic E-state index is 10.4. The van der Waals surface area contributed by atoms with Crippen molar-refractivity contribution in [2.75, 3.05) is 13.2 Å². The summed E-state index contributed by atoms with van der Waals surface area (Å²) in [5, 5.41) is 13.2. The van der Waals surface area contributed by atoms with Crippen LogP contribution in [0.2, 0.25) is 0 Å². The second-order valence-corrected chi connectivity index (χ2v) is 9.49. The van der Waals surface area contributed by atoms with Crippen LogP contribution in [-0.4, -0.2) is 48.5 Å². The van der Waals surface area contributed by atoms with Crippen molar-refractivity contribution in [1.29, 1.82) is 0 Å². The van der Waals surface area contributed by atoms with E-state index in [0.29, 0.717) is 18.1 Å². The number of benzene rings is 3. The Hall–Kier alpha value is -3.18. The molecule has 0 amide bonds. The molecule has 176 valence electrons. The van der Waals surface area contributed by atoms with Gasteiger partial charge in [-0.15, -0.1) is 0 Å². The molecule has 34 heavy (non-hydrogen) atoms. The minimum Gasteiger partial charge on any atom is -0.390 e. The van der Waals surface area contributed by atoms with Crippen LogP contribution >= 0.6 is 15.9 Å². The number of fused-ring (bicyclic) bond motifs is 1. The van der Waals surface area contributed by atoms with Crippen LogP contribution in [0, 0.1) is 0 Å². The summed E-state index contributed by atoms with van der Waals surface area (Å²) in [5.41, 5.74) is 7.23. The van der Waals surface area contributed by atoms with Gasteiger partial charge in [-0.1, -0.05) is 64.5 Å². The third kappa shape index (κ3) is 7.16. The molecule has 0 bridgehead atoms. The summed E-state index contributed by atoms with van der Waals surface area (Å²) < 4.78 is 30.2. The van der Waals surface area contributed by atoms with Crippen molar-refractivity contribution in [3.05, 3.63) is 94.5 Å². The van der Waals surface area contributed by atoms with Gasteiger partial charge in [-0.25, -0.2) is 4.99 Å². The standard InChI is InChI=1S/C18H17BrN4O.C6H6O3S/c1-12(11-24)22-23-17-10-20-18(13-5-3-2-4-6-13)15-9-14(19)7-8-16(15)21-17;7-10(8,9)6-4-2-1-3-5-6/h2-9,24H,10-11H2,1H3,(H,21,23);1-5H,(H,7,8,9)/b22-12+;. The van der Waals surface area contributed by atoms with Crippen molar-refractivity contribution in [3.8, 4) is 0 Å². The fourth-order valence-electron chi connectivity index (χ4n) is 2.91. The fourth-order valence-corrected chi connectivity index (χ4v) is 3.77. The van der Waals surface area contributed by atoms with Crippen molar-refractivity contribution in [1.82, 2.24) is 5.43 Å². The second kappa shape index (κ2) is 11.8. The Morgan fingerprint density at radius 1 is 1.06 bits per heavy atom. The molecule has 0 saturated carbocycles. The van der Waals surface area contributed by atoms with E-state index in [9.17, 15) is 8.42 Å². The zero-order valence-electron chi connectivity index (χ0n) is 18.3. The van der Waals surface area contributed by atoms with Gasteiger partial charge >= 0.3 is 0 Å². The first kappa shape index (κ1) is 25.4. The van der Waals surface area contributed by atoms with E-state index in [4.69, 9.17) is 14.7 Å². The van der Waals surface area contributed by atoms with E-state index in [-0.39, 0.29) is 11.5 Å². The van der Waals surface area contributed by atoms with Gasteiger partial charge in [0.15, 0.2) is 0 Å². The minimum absolute atomic E-state index is 0.0741. The van der Waals surface area contributed by atoms with Crippen LogP contribution in [0.1, 0.15) is 18.1 Å². The Kier molecular flexibility index (Phi) is 8.83. The number of hydrogen-bond donors (Lipinski definition) is 3. The number of aliphatic imine (C=N–C) groups is 2. The lowest BCUT2D eigenvalue weighted by atomic mass is 10.0. The van der Waals surface area contributed by atoms with Crippen molar-refractivity contribution < 1.29 is 18.1 Å². The highest BCUT2D eigenvalue weighted by Gasteiger charge is 2.16. The lowest BCUT2D eigenvalue weighted by Crippen LogP contribution is -2.22. The normalized spacial score (nSPS) is 13.5. The summed E-state index contributed by atoms with van der Waals surface area (Å²) in [6.07, 6.45) is 0. The molecule has 10 heteroatoms. The molecule has 0 saturated heterocycles. The molecule has 3 aromatic carbocycles. The molecule has 3 aromatic rings. The van der Waals surface area contributed by atoms with Crippen molar-refractivity contribution in [2.24, 2.45) is 15.1 Å². The van der Waals surface area contributed by atoms with Crippen LogP contribution in [0.25, 0.3) is 0 Å². The average molecular weight is 543 g/mol. The highest BCUT2D eigenvalue weighted by atomic mass is 79.9. The Morgan fingerprint density at radius 3 is 2.29 bits per heavy atom. The van der Waals surface area contributed by atoms with Crippen molar-refractivity contribution in [3.63, 3.8) is 0 Å². The lowest BCUT2D eigenvalue weighted by Gasteiger charge is -2.08. The number of aliphatic hydroxyl groups excluding tert-OH is 1. The molecular weight excluding hydrogens is 520 g/mol. The molecule has 8 nitrogen and oxygen atoms in total. The number of halogens is 1. The van der Waals surface area contributed by atoms with Crippen LogP contribution in [0.15, 0.2) is 103 Å². The van der Waals surface area contributed by atoms with Gasteiger partial charge in [0.05, 0.1) is 35.2 Å². The smallest absolute Gasteiger partial charge is 0.294 e. The maximum atomic E-state index is 10.4. The van der Waals surface area contributed by atoms with E-state index in [1.165, 1.54) is 12.1 Å². The van der Waals surface area contributed by atoms with E-state index in [1.807, 2.05) is 48.5 Å². The molecule has 0 aromatic heterocycles. The molecule has 0 atom stereocenters. The van der Waals surface area contributed by atoms with Gasteiger partial charge in [0.1, 0.15) is 5.84 Å². The Bertz CT molecular complexity index is 1330. The molecule has 0 spiro atoms. The SMILES string of the molecule is C/C(CO)=N\NC1=Nc2ccc(Br)cc2C(c2ccccc2)=NC1.O=S(=O)(O)c1ccccc1. The highest BCUT2D eigenvalue weighted by molar-refractivity contribution is 9.10. The van der Waals surface area contributed by atoms with Gasteiger partial charge in [-0.2, -0.15) is 13.5 Å². The number of rotatable bonds is 4. The van der Waals surface area contributed by atoms with Gasteiger partial charge in [0.2, 0.25) is 0 Å². The lowest BCUT2D eigenvalue weighted by molar-refractivity contribution is 0.356. The van der Waals surface area contributed by atoms with E-state index in [0.717, 1.165) is 27.0 Å². The fraction of sp³-hybridized carbons (Fsp3) is 0.125. The monoisotopic (exact) mass is 542 g/mol. The Labute approximate surface area is 206 Å². The van der Waals surface area contributed by atoms with Crippen LogP contribution in [-0.2, 0) is 10.1 Å². The quantitative estimate of drug-likeness (QED) is 0.258. The van der Waals surface area contributed by atoms with Gasteiger partial charge in [-0.3, -0.25) is 15.0 Å². The van der Waals surface area contributed by atoms with Crippen molar-refractivity contribution >= 4 is 49.0 Å². The van der Waals surface area contributed by atoms with Crippen LogP contribution < -0.4 is 5.43 Å². The summed E-state index contributed by atoms with van der Waals surface area (Å²) in [7, 11) is -4.00. The van der Waals surface area contributed by atoms with E-state index in [2.05, 4.69) is 31.4 Å². The minimum atomic E-state index is -4.00. The molecule has 1 aliphatic rings. The highest BCUT2D eigenvalue weighted by Crippen LogP contribution is 2.28. The molecule has 4 rings (SSSR count). The first-order chi connectivity index (χ1) is 16.3. The van der Waals surface area contributed by atoms with E-state index in [1.54, 1.807) is 25.1 Å². The maximum Gasteiger partial charge on any atom is 0.294 e. The number of hydrogen-bond acceptors (Lipinski definition) is 7. The summed E-state index contributed by atoms with van der Waals surface area (Å²) in [5.74, 6) is 0.636. The zero-order chi connectivity index (χ0) is 24.6. The first-order valence-electron chi connectivity index (χ1n) is 10.2. The van der Waals surface area contributed by atoms with Crippen LogP contribution in [0.3, 0.4) is 0 Å². The van der Waals surface area contributed by atoms with Gasteiger partial charge < -0.3 is 5.11 Å². The zero-order valence-corrected chi connectivity index (χ0v) is 20.7. The number of amidine groups is 1. The third-order valence-corrected chi connectivity index (χ3v) is 5.91. The number of nitrogens with zero attached hydrogens (tertiary/aromatic N) is 3. The molecule has 0 fully saturated rings. The summed E-state index contributed by atoms with van der Waals surface area (Å²) in [6.45, 7) is 2.04. The van der Waals surface area contributed by atoms with E-state index < -0.39 is 10.1 Å². The van der Waals surface area contributed by atoms with Gasteiger partial charge in [0, 0.05) is 15.6 Å². The average Bonchev–Trinajstić information content (AvgIpc) is 3.02. The number of aliphatic hydroxyl groups is 1. The van der Waals surface area contributed by atoms with Crippen LogP contribution in [0.5, 0.6) is 0 Å². The molecule has 3 N–H and O–H groups in total. The predicted octanol–water partition coefficient (Wildman–Crippen LogP) is 4.22. The van der Waals surface area contributed by atoms with Gasteiger partial charge in [-0.05, 0) is 37.3 Å². The van der Waals surface area contributed by atoms with Crippen molar-refractivity contribution in [2.45, 2.75) is 11.8 Å². The summed E-state index contributed by atoms with van der Waals surface area (Å²) >= 11 is 3.52. The molecule has 0 radical (unpaired) electrons.